The molecule has 0 spiro atoms. The highest BCUT2D eigenvalue weighted by Gasteiger charge is 2.21. The van der Waals surface area contributed by atoms with Crippen molar-refractivity contribution in [3.8, 4) is 17.1 Å². The van der Waals surface area contributed by atoms with Crippen LogP contribution >= 0.6 is 0 Å². The summed E-state index contributed by atoms with van der Waals surface area (Å²) in [6.07, 6.45) is 0. The zero-order valence-corrected chi connectivity index (χ0v) is 11.8. The van der Waals surface area contributed by atoms with Crippen molar-refractivity contribution in [1.82, 2.24) is 4.98 Å². The Balaban J connectivity index is 2.03. The molecule has 4 rings (SSSR count). The molecule has 2 heterocycles. The minimum Gasteiger partial charge on any atom is -0.508 e. The number of hydrogen-bond acceptors (Lipinski definition) is 3. The van der Waals surface area contributed by atoms with Gasteiger partial charge in [0.05, 0.1) is 7.05 Å². The van der Waals surface area contributed by atoms with Gasteiger partial charge in [0.25, 0.3) is 5.82 Å². The maximum Gasteiger partial charge on any atom is 0.351 e. The van der Waals surface area contributed by atoms with Gasteiger partial charge in [-0.1, -0.05) is 12.1 Å². The number of fused-ring (bicyclic) bond motifs is 2. The molecule has 5 nitrogen and oxygen atoms in total. The fraction of sp³-hybridized carbons (Fsp3) is 0.0588. The molecule has 0 fully saturated rings. The highest BCUT2D eigenvalue weighted by Crippen LogP contribution is 2.23. The molecule has 0 saturated carbocycles. The van der Waals surface area contributed by atoms with Crippen molar-refractivity contribution in [2.45, 2.75) is 0 Å². The molecule has 0 radical (unpaired) electrons. The van der Waals surface area contributed by atoms with Gasteiger partial charge >= 0.3 is 5.63 Å². The van der Waals surface area contributed by atoms with Crippen molar-refractivity contribution in [2.24, 2.45) is 7.05 Å². The van der Waals surface area contributed by atoms with E-state index in [4.69, 9.17) is 4.42 Å². The normalized spacial score (nSPS) is 11.3. The van der Waals surface area contributed by atoms with E-state index < -0.39 is 5.63 Å². The van der Waals surface area contributed by atoms with E-state index >= 15 is 0 Å². The number of phenols is 1. The molecule has 22 heavy (non-hydrogen) atoms. The topological polar surface area (TPSA) is 70.1 Å². The lowest BCUT2D eigenvalue weighted by Crippen LogP contribution is -2.30. The summed E-state index contributed by atoms with van der Waals surface area (Å²) < 4.78 is 7.25. The molecular formula is C17H13N2O3+. The molecule has 0 bridgehead atoms. The average Bonchev–Trinajstić information content (AvgIpc) is 2.84. The number of H-pyrrole nitrogens is 1. The maximum absolute atomic E-state index is 12.3. The maximum atomic E-state index is 12.3. The third-order valence-corrected chi connectivity index (χ3v) is 3.83. The third-order valence-electron chi connectivity index (χ3n) is 3.83. The van der Waals surface area contributed by atoms with Crippen LogP contribution in [0.1, 0.15) is 0 Å². The van der Waals surface area contributed by atoms with Gasteiger partial charge in [0, 0.05) is 11.5 Å². The Morgan fingerprint density at radius 2 is 1.95 bits per heavy atom. The second-order valence-corrected chi connectivity index (χ2v) is 5.22. The van der Waals surface area contributed by atoms with Gasteiger partial charge in [-0.25, -0.2) is 14.3 Å². The van der Waals surface area contributed by atoms with Gasteiger partial charge in [0.2, 0.25) is 0 Å². The fourth-order valence-electron chi connectivity index (χ4n) is 2.72. The predicted octanol–water partition coefficient (Wildman–Crippen LogP) is 2.47. The second-order valence-electron chi connectivity index (χ2n) is 5.22. The number of benzene rings is 2. The number of aryl methyl sites for hydroxylation is 1. The summed E-state index contributed by atoms with van der Waals surface area (Å²) >= 11 is 0. The molecular weight excluding hydrogens is 280 g/mol. The number of hydrogen-bond donors (Lipinski definition) is 2. The van der Waals surface area contributed by atoms with Crippen LogP contribution in [0.15, 0.2) is 57.7 Å². The summed E-state index contributed by atoms with van der Waals surface area (Å²) in [5, 5.41) is 10.2. The van der Waals surface area contributed by atoms with Gasteiger partial charge < -0.3 is 9.52 Å². The Bertz CT molecular complexity index is 1080. The third kappa shape index (κ3) is 1.79. The summed E-state index contributed by atoms with van der Waals surface area (Å²) in [4.78, 5) is 15.5. The Hall–Kier alpha value is -3.08. The van der Waals surface area contributed by atoms with Crippen LogP contribution in [0.3, 0.4) is 0 Å². The molecule has 0 unspecified atom stereocenters. The number of aromatic amines is 1. The first-order valence-electron chi connectivity index (χ1n) is 6.87. The standard InChI is InChI=1S/C17H12N2O3/c1-19-14-5-3-2-4-13(14)18-16(19)12-8-10-6-7-11(20)9-15(10)22-17(12)21/h2-9H,1H3,(H,18,20,21)/p+1. The number of nitrogens with one attached hydrogen (secondary N) is 1. The number of aromatic nitrogens is 2. The summed E-state index contributed by atoms with van der Waals surface area (Å²) in [5.41, 5.74) is 2.33. The lowest BCUT2D eigenvalue weighted by atomic mass is 10.1. The Morgan fingerprint density at radius 3 is 2.77 bits per heavy atom. The van der Waals surface area contributed by atoms with Crippen LogP contribution in [0.4, 0.5) is 0 Å². The highest BCUT2D eigenvalue weighted by atomic mass is 16.4. The quantitative estimate of drug-likeness (QED) is 0.418. The van der Waals surface area contributed by atoms with Crippen molar-refractivity contribution >= 4 is 22.0 Å². The number of rotatable bonds is 1. The molecule has 0 atom stereocenters. The smallest absolute Gasteiger partial charge is 0.351 e. The zero-order valence-electron chi connectivity index (χ0n) is 11.8. The van der Waals surface area contributed by atoms with Crippen LogP contribution in [0.5, 0.6) is 5.75 Å². The van der Waals surface area contributed by atoms with E-state index in [-0.39, 0.29) is 5.75 Å². The van der Waals surface area contributed by atoms with E-state index in [9.17, 15) is 9.90 Å². The van der Waals surface area contributed by atoms with Crippen molar-refractivity contribution in [3.05, 3.63) is 59.0 Å². The molecule has 2 aromatic carbocycles. The molecule has 0 amide bonds. The number of phenolic OH excluding ortho intramolecular Hbond substituents is 1. The van der Waals surface area contributed by atoms with Gasteiger partial charge in [-0.3, -0.25) is 0 Å². The minimum atomic E-state index is -0.444. The second kappa shape index (κ2) is 4.46. The van der Waals surface area contributed by atoms with Gasteiger partial charge in [0.15, 0.2) is 16.6 Å². The number of imidazole rings is 1. The van der Waals surface area contributed by atoms with E-state index in [0.717, 1.165) is 16.4 Å². The van der Waals surface area contributed by atoms with E-state index in [1.807, 2.05) is 35.9 Å². The Morgan fingerprint density at radius 1 is 1.14 bits per heavy atom. The summed E-state index contributed by atoms with van der Waals surface area (Å²) in [6.45, 7) is 0. The largest absolute Gasteiger partial charge is 0.508 e. The van der Waals surface area contributed by atoms with Crippen LogP contribution in [0.2, 0.25) is 0 Å². The fourth-order valence-corrected chi connectivity index (χ4v) is 2.72. The average molecular weight is 293 g/mol. The molecule has 0 aliphatic heterocycles. The Labute approximate surface area is 125 Å². The SMILES string of the molecule is C[n+]1c(-c2cc3ccc(O)cc3oc2=O)[nH]c2ccccc21. The lowest BCUT2D eigenvalue weighted by Gasteiger charge is -1.99. The van der Waals surface area contributed by atoms with E-state index in [1.54, 1.807) is 18.2 Å². The first kappa shape index (κ1) is 12.6. The van der Waals surface area contributed by atoms with Crippen molar-refractivity contribution < 1.29 is 14.1 Å². The Kier molecular flexibility index (Phi) is 2.56. The van der Waals surface area contributed by atoms with E-state index in [0.29, 0.717) is 17.0 Å². The number of aromatic hydroxyl groups is 1. The lowest BCUT2D eigenvalue weighted by molar-refractivity contribution is -0.633. The molecule has 4 aromatic rings. The number of para-hydroxylation sites is 2. The summed E-state index contributed by atoms with van der Waals surface area (Å²) in [7, 11) is 1.90. The highest BCUT2D eigenvalue weighted by molar-refractivity contribution is 5.82. The zero-order chi connectivity index (χ0) is 15.3. The molecule has 5 heteroatoms. The number of nitrogens with zero attached hydrogens (tertiary/aromatic N) is 1. The molecule has 2 aromatic heterocycles. The van der Waals surface area contributed by atoms with Gasteiger partial charge in [-0.05, 0) is 30.3 Å². The monoisotopic (exact) mass is 293 g/mol. The van der Waals surface area contributed by atoms with Crippen LogP contribution in [-0.4, -0.2) is 10.1 Å². The van der Waals surface area contributed by atoms with Gasteiger partial charge in [-0.2, -0.15) is 0 Å². The van der Waals surface area contributed by atoms with Crippen LogP contribution in [-0.2, 0) is 7.05 Å². The molecule has 0 aliphatic carbocycles. The molecule has 108 valence electrons. The van der Waals surface area contributed by atoms with Gasteiger partial charge in [0.1, 0.15) is 11.3 Å². The van der Waals surface area contributed by atoms with Crippen molar-refractivity contribution in [1.29, 1.82) is 0 Å². The predicted molar refractivity (Wildman–Crippen MR) is 82.6 cm³/mol. The van der Waals surface area contributed by atoms with Crippen molar-refractivity contribution in [3.63, 3.8) is 0 Å². The van der Waals surface area contributed by atoms with Crippen LogP contribution in [0, 0.1) is 0 Å². The van der Waals surface area contributed by atoms with Crippen molar-refractivity contribution in [2.75, 3.05) is 0 Å². The van der Waals surface area contributed by atoms with E-state index in [1.165, 1.54) is 6.07 Å². The van der Waals surface area contributed by atoms with Crippen LogP contribution in [0.25, 0.3) is 33.4 Å². The molecule has 0 aliphatic rings. The first-order valence-corrected chi connectivity index (χ1v) is 6.87. The van der Waals surface area contributed by atoms with Crippen LogP contribution < -0.4 is 10.2 Å². The molecule has 2 N–H and O–H groups in total. The molecule has 0 saturated heterocycles. The summed E-state index contributed by atoms with van der Waals surface area (Å²) in [6, 6.07) is 14.3. The summed E-state index contributed by atoms with van der Waals surface area (Å²) in [5.74, 6) is 0.754. The van der Waals surface area contributed by atoms with Gasteiger partial charge in [-0.15, -0.1) is 0 Å². The minimum absolute atomic E-state index is 0.0690. The van der Waals surface area contributed by atoms with E-state index in [2.05, 4.69) is 4.98 Å². The first-order chi connectivity index (χ1) is 10.6.